The van der Waals surface area contributed by atoms with Gasteiger partial charge in [0.25, 0.3) is 0 Å². The maximum Gasteiger partial charge on any atom is 0.248 e. The minimum atomic E-state index is -0.528. The highest BCUT2D eigenvalue weighted by atomic mass is 35.5. The van der Waals surface area contributed by atoms with Gasteiger partial charge in [-0.15, -0.1) is 0 Å². The number of ether oxygens (including phenoxy) is 1. The lowest BCUT2D eigenvalue weighted by atomic mass is 10.1. The van der Waals surface area contributed by atoms with E-state index < -0.39 is 5.91 Å². The van der Waals surface area contributed by atoms with E-state index in [1.807, 2.05) is 13.0 Å². The van der Waals surface area contributed by atoms with Gasteiger partial charge in [-0.05, 0) is 48.4 Å². The smallest absolute Gasteiger partial charge is 0.248 e. The zero-order chi connectivity index (χ0) is 14.7. The molecule has 0 aliphatic rings. The third kappa shape index (κ3) is 3.03. The maximum atomic E-state index is 11.2. The molecule has 0 saturated carbocycles. The summed E-state index contributed by atoms with van der Waals surface area (Å²) in [5.74, 6) is 0.477. The van der Waals surface area contributed by atoms with Crippen molar-refractivity contribution in [1.29, 1.82) is 0 Å². The number of halogens is 1. The molecular weight excluding hydrogens is 276 g/mol. The van der Waals surface area contributed by atoms with Crippen LogP contribution in [0.5, 0.6) is 11.5 Å². The highest BCUT2D eigenvalue weighted by Crippen LogP contribution is 2.30. The fourth-order valence-corrected chi connectivity index (χ4v) is 2.04. The molecule has 4 nitrogen and oxygen atoms in total. The first-order chi connectivity index (χ1) is 9.51. The molecule has 20 heavy (non-hydrogen) atoms. The number of carbonyl (C=O) groups excluding carboxylic acids is 1. The van der Waals surface area contributed by atoms with Crippen LogP contribution in [-0.2, 0) is 6.42 Å². The Morgan fingerprint density at radius 1 is 1.25 bits per heavy atom. The molecule has 104 valence electrons. The number of amides is 1. The summed E-state index contributed by atoms with van der Waals surface area (Å²) < 4.78 is 5.71. The van der Waals surface area contributed by atoms with Gasteiger partial charge in [-0.25, -0.2) is 0 Å². The van der Waals surface area contributed by atoms with Crippen LogP contribution in [0.25, 0.3) is 0 Å². The molecule has 2 rings (SSSR count). The SMILES string of the molecule is CCc1cc(Oc2cc(C(N)=O)ccc2N)ccc1Cl. The highest BCUT2D eigenvalue weighted by Gasteiger charge is 2.08. The summed E-state index contributed by atoms with van der Waals surface area (Å²) in [5, 5.41) is 0.693. The number of rotatable bonds is 4. The van der Waals surface area contributed by atoms with Gasteiger partial charge in [-0.1, -0.05) is 18.5 Å². The summed E-state index contributed by atoms with van der Waals surface area (Å²) in [5.41, 5.74) is 12.8. The standard InChI is InChI=1S/C15H15ClN2O2/c1-2-9-7-11(4-5-12(9)16)20-14-8-10(15(18)19)3-6-13(14)17/h3-8H,2,17H2,1H3,(H2,18,19). The average molecular weight is 291 g/mol. The lowest BCUT2D eigenvalue weighted by Crippen LogP contribution is -2.11. The Balaban J connectivity index is 2.34. The number of primary amides is 1. The second kappa shape index (κ2) is 5.84. The predicted molar refractivity (Wildman–Crippen MR) is 80.3 cm³/mol. The summed E-state index contributed by atoms with van der Waals surface area (Å²) in [7, 11) is 0. The summed E-state index contributed by atoms with van der Waals surface area (Å²) in [6, 6.07) is 10.0. The van der Waals surface area contributed by atoms with Crippen molar-refractivity contribution in [1.82, 2.24) is 0 Å². The molecule has 0 atom stereocenters. The van der Waals surface area contributed by atoms with E-state index in [4.69, 9.17) is 27.8 Å². The van der Waals surface area contributed by atoms with E-state index in [9.17, 15) is 4.79 Å². The summed E-state index contributed by atoms with van der Waals surface area (Å²) in [6.07, 6.45) is 0.798. The second-order valence-corrected chi connectivity index (χ2v) is 4.73. The van der Waals surface area contributed by atoms with Crippen LogP contribution in [0.1, 0.15) is 22.8 Å². The molecule has 0 heterocycles. The van der Waals surface area contributed by atoms with Crippen molar-refractivity contribution < 1.29 is 9.53 Å². The number of hydrogen-bond donors (Lipinski definition) is 2. The third-order valence-corrected chi connectivity index (χ3v) is 3.29. The van der Waals surface area contributed by atoms with Crippen molar-refractivity contribution in [2.75, 3.05) is 5.73 Å². The van der Waals surface area contributed by atoms with Crippen molar-refractivity contribution in [2.24, 2.45) is 5.73 Å². The van der Waals surface area contributed by atoms with E-state index in [2.05, 4.69) is 0 Å². The quantitative estimate of drug-likeness (QED) is 0.847. The van der Waals surface area contributed by atoms with Crippen LogP contribution in [0.3, 0.4) is 0 Å². The Labute approximate surface area is 122 Å². The van der Waals surface area contributed by atoms with Crippen molar-refractivity contribution in [3.63, 3.8) is 0 Å². The number of anilines is 1. The average Bonchev–Trinajstić information content (AvgIpc) is 2.43. The fourth-order valence-electron chi connectivity index (χ4n) is 1.79. The van der Waals surface area contributed by atoms with Crippen molar-refractivity contribution in [3.05, 3.63) is 52.5 Å². The van der Waals surface area contributed by atoms with Crippen LogP contribution in [0.2, 0.25) is 5.02 Å². The molecule has 5 heteroatoms. The maximum absolute atomic E-state index is 11.2. The molecule has 0 aliphatic heterocycles. The topological polar surface area (TPSA) is 78.3 Å². The van der Waals surface area contributed by atoms with Crippen LogP contribution in [0.4, 0.5) is 5.69 Å². The van der Waals surface area contributed by atoms with Crippen LogP contribution in [0, 0.1) is 0 Å². The van der Waals surface area contributed by atoms with Gasteiger partial charge in [0.1, 0.15) is 5.75 Å². The molecule has 4 N–H and O–H groups in total. The Morgan fingerprint density at radius 2 is 2.00 bits per heavy atom. The number of aryl methyl sites for hydroxylation is 1. The molecule has 0 radical (unpaired) electrons. The number of nitrogen functional groups attached to an aromatic ring is 1. The molecule has 0 saturated heterocycles. The van der Waals surface area contributed by atoms with Crippen LogP contribution in [-0.4, -0.2) is 5.91 Å². The number of hydrogen-bond acceptors (Lipinski definition) is 3. The van der Waals surface area contributed by atoms with E-state index in [0.29, 0.717) is 27.8 Å². The van der Waals surface area contributed by atoms with Gasteiger partial charge in [0.2, 0.25) is 5.91 Å². The number of benzene rings is 2. The van der Waals surface area contributed by atoms with Gasteiger partial charge in [-0.2, -0.15) is 0 Å². The van der Waals surface area contributed by atoms with Crippen molar-refractivity contribution >= 4 is 23.2 Å². The monoisotopic (exact) mass is 290 g/mol. The van der Waals surface area contributed by atoms with E-state index in [-0.39, 0.29) is 0 Å². The number of carbonyl (C=O) groups is 1. The van der Waals surface area contributed by atoms with E-state index >= 15 is 0 Å². The summed E-state index contributed by atoms with van der Waals surface area (Å²) in [4.78, 5) is 11.2. The molecule has 0 fully saturated rings. The lowest BCUT2D eigenvalue weighted by Gasteiger charge is -2.11. The molecule has 0 spiro atoms. The Morgan fingerprint density at radius 3 is 2.65 bits per heavy atom. The minimum absolute atomic E-state index is 0.346. The van der Waals surface area contributed by atoms with Gasteiger partial charge in [0.05, 0.1) is 5.69 Å². The molecular formula is C15H15ClN2O2. The van der Waals surface area contributed by atoms with Gasteiger partial charge in [0.15, 0.2) is 5.75 Å². The molecule has 0 aromatic heterocycles. The first kappa shape index (κ1) is 14.2. The second-order valence-electron chi connectivity index (χ2n) is 4.33. The minimum Gasteiger partial charge on any atom is -0.455 e. The zero-order valence-corrected chi connectivity index (χ0v) is 11.8. The zero-order valence-electron chi connectivity index (χ0n) is 11.0. The normalized spacial score (nSPS) is 10.3. The summed E-state index contributed by atoms with van der Waals surface area (Å²) in [6.45, 7) is 2.01. The van der Waals surface area contributed by atoms with Gasteiger partial charge in [-0.3, -0.25) is 4.79 Å². The van der Waals surface area contributed by atoms with Crippen molar-refractivity contribution in [2.45, 2.75) is 13.3 Å². The van der Waals surface area contributed by atoms with Crippen molar-refractivity contribution in [3.8, 4) is 11.5 Å². The van der Waals surface area contributed by atoms with Crippen LogP contribution < -0.4 is 16.2 Å². The largest absolute Gasteiger partial charge is 0.455 e. The first-order valence-corrected chi connectivity index (χ1v) is 6.54. The van der Waals surface area contributed by atoms with Gasteiger partial charge in [0, 0.05) is 10.6 Å². The summed E-state index contributed by atoms with van der Waals surface area (Å²) >= 11 is 6.06. The Hall–Kier alpha value is -2.20. The van der Waals surface area contributed by atoms with E-state index in [1.54, 1.807) is 24.3 Å². The van der Waals surface area contributed by atoms with Crippen LogP contribution in [0.15, 0.2) is 36.4 Å². The predicted octanol–water partition coefficient (Wildman–Crippen LogP) is 3.38. The molecule has 0 unspecified atom stereocenters. The Kier molecular flexibility index (Phi) is 4.15. The van der Waals surface area contributed by atoms with E-state index in [0.717, 1.165) is 12.0 Å². The molecule has 2 aromatic carbocycles. The first-order valence-electron chi connectivity index (χ1n) is 6.17. The third-order valence-electron chi connectivity index (χ3n) is 2.92. The lowest BCUT2D eigenvalue weighted by molar-refractivity contribution is 0.1000. The Bertz CT molecular complexity index is 656. The molecule has 1 amide bonds. The highest BCUT2D eigenvalue weighted by molar-refractivity contribution is 6.31. The van der Waals surface area contributed by atoms with E-state index in [1.165, 1.54) is 6.07 Å². The molecule has 0 aliphatic carbocycles. The van der Waals surface area contributed by atoms with Gasteiger partial charge >= 0.3 is 0 Å². The number of nitrogens with two attached hydrogens (primary N) is 2. The molecule has 2 aromatic rings. The van der Waals surface area contributed by atoms with Gasteiger partial charge < -0.3 is 16.2 Å². The molecule has 0 bridgehead atoms. The fraction of sp³-hybridized carbons (Fsp3) is 0.133. The van der Waals surface area contributed by atoms with Crippen LogP contribution >= 0.6 is 11.6 Å².